The van der Waals surface area contributed by atoms with E-state index in [0.29, 0.717) is 12.1 Å². The highest BCUT2D eigenvalue weighted by molar-refractivity contribution is 7.09. The van der Waals surface area contributed by atoms with E-state index in [-0.39, 0.29) is 11.7 Å². The van der Waals surface area contributed by atoms with E-state index >= 15 is 0 Å². The van der Waals surface area contributed by atoms with Gasteiger partial charge in [-0.3, -0.25) is 10.1 Å². The van der Waals surface area contributed by atoms with Crippen LogP contribution in [0.2, 0.25) is 0 Å². The largest absolute Gasteiger partial charge is 0.363 e. The van der Waals surface area contributed by atoms with Crippen molar-refractivity contribution < 1.29 is 4.92 Å². The van der Waals surface area contributed by atoms with Crippen molar-refractivity contribution in [1.82, 2.24) is 0 Å². The Bertz CT molecular complexity index is 675. The first-order chi connectivity index (χ1) is 10.0. The van der Waals surface area contributed by atoms with Gasteiger partial charge in [-0.15, -0.1) is 11.3 Å². The van der Waals surface area contributed by atoms with E-state index in [0.717, 1.165) is 5.69 Å². The lowest BCUT2D eigenvalue weighted by Crippen LogP contribution is -2.30. The standard InChI is InChI=1S/C15H15N3O2S/c1-11(2)17(10-14-4-3-7-21-14)15-6-5-13(18(19)20)8-12(15)9-16/h3-8,11H,10H2,1-2H3. The molecule has 0 saturated carbocycles. The third-order valence-electron chi connectivity index (χ3n) is 3.15. The minimum Gasteiger partial charge on any atom is -0.363 e. The molecule has 6 heteroatoms. The van der Waals surface area contributed by atoms with Crippen LogP contribution in [-0.2, 0) is 6.54 Å². The maximum Gasteiger partial charge on any atom is 0.270 e. The molecule has 108 valence electrons. The molecule has 0 aliphatic rings. The van der Waals surface area contributed by atoms with E-state index < -0.39 is 4.92 Å². The van der Waals surface area contributed by atoms with Gasteiger partial charge in [-0.05, 0) is 31.4 Å². The molecular formula is C15H15N3O2S. The highest BCUT2D eigenvalue weighted by Crippen LogP contribution is 2.28. The second-order valence-corrected chi connectivity index (χ2v) is 5.90. The van der Waals surface area contributed by atoms with Crippen LogP contribution in [0.4, 0.5) is 11.4 Å². The highest BCUT2D eigenvalue weighted by Gasteiger charge is 2.18. The summed E-state index contributed by atoms with van der Waals surface area (Å²) in [5, 5.41) is 22.1. The van der Waals surface area contributed by atoms with Gasteiger partial charge in [0.25, 0.3) is 5.69 Å². The van der Waals surface area contributed by atoms with E-state index in [1.54, 1.807) is 17.4 Å². The summed E-state index contributed by atoms with van der Waals surface area (Å²) in [5.74, 6) is 0. The molecule has 0 saturated heterocycles. The fourth-order valence-electron chi connectivity index (χ4n) is 2.09. The molecule has 1 aromatic heterocycles. The molecule has 1 aromatic carbocycles. The minimum atomic E-state index is -0.483. The Morgan fingerprint density at radius 3 is 2.71 bits per heavy atom. The number of thiophene rings is 1. The smallest absolute Gasteiger partial charge is 0.270 e. The second kappa shape index (κ2) is 6.37. The molecule has 0 radical (unpaired) electrons. The summed E-state index contributed by atoms with van der Waals surface area (Å²) in [6, 6.07) is 10.7. The summed E-state index contributed by atoms with van der Waals surface area (Å²) >= 11 is 1.65. The van der Waals surface area contributed by atoms with Crippen LogP contribution < -0.4 is 4.90 Å². The molecule has 0 fully saturated rings. The van der Waals surface area contributed by atoms with Gasteiger partial charge < -0.3 is 4.90 Å². The normalized spacial score (nSPS) is 10.4. The maximum atomic E-state index is 10.8. The molecule has 5 nitrogen and oxygen atoms in total. The van der Waals surface area contributed by atoms with Gasteiger partial charge in [-0.2, -0.15) is 5.26 Å². The second-order valence-electron chi connectivity index (χ2n) is 4.87. The maximum absolute atomic E-state index is 10.8. The quantitative estimate of drug-likeness (QED) is 0.619. The molecule has 21 heavy (non-hydrogen) atoms. The van der Waals surface area contributed by atoms with Crippen molar-refractivity contribution in [3.63, 3.8) is 0 Å². The number of nitro benzene ring substituents is 1. The third-order valence-corrected chi connectivity index (χ3v) is 4.01. The molecule has 0 amide bonds. The first-order valence-corrected chi connectivity index (χ1v) is 7.38. The number of benzene rings is 1. The monoisotopic (exact) mass is 301 g/mol. The predicted molar refractivity (Wildman–Crippen MR) is 83.4 cm³/mol. The summed E-state index contributed by atoms with van der Waals surface area (Å²) < 4.78 is 0. The lowest BCUT2D eigenvalue weighted by molar-refractivity contribution is -0.384. The topological polar surface area (TPSA) is 70.2 Å². The van der Waals surface area contributed by atoms with Gasteiger partial charge in [-0.25, -0.2) is 0 Å². The van der Waals surface area contributed by atoms with Crippen LogP contribution in [0.5, 0.6) is 0 Å². The molecule has 0 aliphatic heterocycles. The zero-order valence-electron chi connectivity index (χ0n) is 11.8. The molecule has 2 aromatic rings. The van der Waals surface area contributed by atoms with Crippen molar-refractivity contribution in [1.29, 1.82) is 5.26 Å². The molecule has 0 N–H and O–H groups in total. The Kier molecular flexibility index (Phi) is 4.55. The van der Waals surface area contributed by atoms with E-state index in [4.69, 9.17) is 0 Å². The molecule has 0 unspecified atom stereocenters. The average Bonchev–Trinajstić information content (AvgIpc) is 2.96. The zero-order valence-corrected chi connectivity index (χ0v) is 12.6. The van der Waals surface area contributed by atoms with Gasteiger partial charge in [-0.1, -0.05) is 6.07 Å². The zero-order chi connectivity index (χ0) is 15.4. The third kappa shape index (κ3) is 3.38. The number of hydrogen-bond donors (Lipinski definition) is 0. The highest BCUT2D eigenvalue weighted by atomic mass is 32.1. The number of anilines is 1. The van der Waals surface area contributed by atoms with Crippen molar-refractivity contribution in [2.24, 2.45) is 0 Å². The van der Waals surface area contributed by atoms with Crippen molar-refractivity contribution in [2.45, 2.75) is 26.4 Å². The lowest BCUT2D eigenvalue weighted by Gasteiger charge is -2.29. The van der Waals surface area contributed by atoms with Crippen LogP contribution in [0.25, 0.3) is 0 Å². The number of nitriles is 1. The first kappa shape index (κ1) is 15.0. The van der Waals surface area contributed by atoms with E-state index in [9.17, 15) is 15.4 Å². The Hall–Kier alpha value is -2.39. The number of hydrogen-bond acceptors (Lipinski definition) is 5. The number of non-ortho nitro benzene ring substituents is 1. The summed E-state index contributed by atoms with van der Waals surface area (Å²) in [6.45, 7) is 4.76. The van der Waals surface area contributed by atoms with Crippen LogP contribution in [-0.4, -0.2) is 11.0 Å². The molecule has 1 heterocycles. The first-order valence-electron chi connectivity index (χ1n) is 6.50. The molecule has 0 aliphatic carbocycles. The Balaban J connectivity index is 2.40. The Morgan fingerprint density at radius 2 is 2.19 bits per heavy atom. The minimum absolute atomic E-state index is 0.0601. The van der Waals surface area contributed by atoms with E-state index in [1.165, 1.54) is 17.0 Å². The molecular weight excluding hydrogens is 286 g/mol. The summed E-state index contributed by atoms with van der Waals surface area (Å²) in [5.41, 5.74) is 0.996. The van der Waals surface area contributed by atoms with Gasteiger partial charge in [0, 0.05) is 23.1 Å². The van der Waals surface area contributed by atoms with Crippen molar-refractivity contribution in [3.05, 3.63) is 56.3 Å². The predicted octanol–water partition coefficient (Wildman–Crippen LogP) is 3.94. The van der Waals surface area contributed by atoms with Crippen molar-refractivity contribution >= 4 is 22.7 Å². The molecule has 0 spiro atoms. The van der Waals surface area contributed by atoms with Crippen LogP contribution in [0.15, 0.2) is 35.7 Å². The number of rotatable bonds is 5. The van der Waals surface area contributed by atoms with Crippen LogP contribution in [0.1, 0.15) is 24.3 Å². The molecule has 0 atom stereocenters. The fraction of sp³-hybridized carbons (Fsp3) is 0.267. The SMILES string of the molecule is CC(C)N(Cc1cccs1)c1ccc([N+](=O)[O-])cc1C#N. The van der Waals surface area contributed by atoms with Crippen molar-refractivity contribution in [2.75, 3.05) is 4.90 Å². The van der Waals surface area contributed by atoms with Crippen molar-refractivity contribution in [3.8, 4) is 6.07 Å². The van der Waals surface area contributed by atoms with Gasteiger partial charge in [0.05, 0.1) is 22.7 Å². The van der Waals surface area contributed by atoms with Gasteiger partial charge in [0.1, 0.15) is 6.07 Å². The van der Waals surface area contributed by atoms with E-state index in [2.05, 4.69) is 11.0 Å². The summed E-state index contributed by atoms with van der Waals surface area (Å²) in [4.78, 5) is 13.6. The lowest BCUT2D eigenvalue weighted by atomic mass is 10.1. The fourth-order valence-corrected chi connectivity index (χ4v) is 2.80. The average molecular weight is 301 g/mol. The number of nitro groups is 1. The summed E-state index contributed by atoms with van der Waals surface area (Å²) in [6.07, 6.45) is 0. The van der Waals surface area contributed by atoms with Crippen LogP contribution >= 0.6 is 11.3 Å². The van der Waals surface area contributed by atoms with Gasteiger partial charge in [0.15, 0.2) is 0 Å². The van der Waals surface area contributed by atoms with Gasteiger partial charge in [0.2, 0.25) is 0 Å². The van der Waals surface area contributed by atoms with E-state index in [1.807, 2.05) is 31.4 Å². The molecule has 2 rings (SSSR count). The van der Waals surface area contributed by atoms with Crippen LogP contribution in [0.3, 0.4) is 0 Å². The Morgan fingerprint density at radius 1 is 1.43 bits per heavy atom. The molecule has 0 bridgehead atoms. The Labute approximate surface area is 127 Å². The van der Waals surface area contributed by atoms with Crippen LogP contribution in [0, 0.1) is 21.4 Å². The number of nitrogens with zero attached hydrogens (tertiary/aromatic N) is 3. The summed E-state index contributed by atoms with van der Waals surface area (Å²) in [7, 11) is 0. The van der Waals surface area contributed by atoms with Gasteiger partial charge >= 0.3 is 0 Å².